The topological polar surface area (TPSA) is 69.1 Å². The minimum absolute atomic E-state index is 0. The van der Waals surface area contributed by atoms with Gasteiger partial charge < -0.3 is 24.8 Å². The molecule has 1 N–H and O–H groups in total. The molecule has 1 aromatic carbocycles. The molecular weight excluding hydrogens is 525 g/mol. The molecule has 1 atom stereocenters. The second-order valence-electron chi connectivity index (χ2n) is 7.47. The Bertz CT molecular complexity index is 837. The first kappa shape index (κ1) is 25.6. The lowest BCUT2D eigenvalue weighted by Gasteiger charge is -2.37. The summed E-state index contributed by atoms with van der Waals surface area (Å²) in [5, 5.41) is 4.60. The fourth-order valence-electron chi connectivity index (χ4n) is 3.66. The number of nitrogens with one attached hydrogen (secondary N) is 1. The van der Waals surface area contributed by atoms with Crippen LogP contribution >= 0.6 is 35.5 Å². The van der Waals surface area contributed by atoms with Gasteiger partial charge in [0.2, 0.25) is 5.13 Å². The van der Waals surface area contributed by atoms with Gasteiger partial charge in [0.05, 0.1) is 13.2 Å². The second-order valence-corrected chi connectivity index (χ2v) is 8.20. The van der Waals surface area contributed by atoms with Crippen molar-refractivity contribution in [3.05, 3.63) is 35.7 Å². The molecule has 1 aliphatic heterocycles. The molecule has 1 aliphatic rings. The molecule has 0 aliphatic carbocycles. The van der Waals surface area contributed by atoms with Crippen LogP contribution in [0.25, 0.3) is 0 Å². The largest absolute Gasteiger partial charge is 0.496 e. The number of hydrogen-bond donors (Lipinski definition) is 1. The van der Waals surface area contributed by atoms with Crippen LogP contribution in [0.1, 0.15) is 24.4 Å². The van der Waals surface area contributed by atoms with Crippen LogP contribution in [0.3, 0.4) is 0 Å². The highest BCUT2D eigenvalue weighted by atomic mass is 127. The molecule has 0 spiro atoms. The summed E-state index contributed by atoms with van der Waals surface area (Å²) in [6, 6.07) is 8.37. The highest BCUT2D eigenvalue weighted by Crippen LogP contribution is 2.27. The van der Waals surface area contributed by atoms with Crippen LogP contribution in [-0.2, 0) is 6.42 Å². The predicted octanol–water partition coefficient (Wildman–Crippen LogP) is 2.73. The first-order chi connectivity index (χ1) is 14.6. The Labute approximate surface area is 206 Å². The fraction of sp³-hybridized carbons (Fsp3) is 0.571. The van der Waals surface area contributed by atoms with Gasteiger partial charge in [-0.2, -0.15) is 4.37 Å². The summed E-state index contributed by atoms with van der Waals surface area (Å²) < 4.78 is 9.99. The van der Waals surface area contributed by atoms with Crippen LogP contribution in [0.2, 0.25) is 0 Å². The number of likely N-dealkylation sites (N-methyl/N-ethyl adjacent to an activating group) is 1. The number of guanidine groups is 1. The molecule has 2 aromatic rings. The number of piperazine rings is 1. The highest BCUT2D eigenvalue weighted by Gasteiger charge is 2.24. The van der Waals surface area contributed by atoms with Crippen molar-refractivity contribution in [2.24, 2.45) is 4.99 Å². The number of rotatable bonds is 7. The summed E-state index contributed by atoms with van der Waals surface area (Å²) in [6.07, 6.45) is 0.881. The van der Waals surface area contributed by atoms with E-state index < -0.39 is 0 Å². The average molecular weight is 560 g/mol. The molecule has 2 heterocycles. The van der Waals surface area contributed by atoms with Crippen molar-refractivity contribution in [1.82, 2.24) is 24.5 Å². The smallest absolute Gasteiger partial charge is 0.205 e. The molecule has 10 heteroatoms. The van der Waals surface area contributed by atoms with E-state index >= 15 is 0 Å². The van der Waals surface area contributed by atoms with Crippen LogP contribution < -0.4 is 15.0 Å². The number of halogens is 1. The second kappa shape index (κ2) is 12.4. The van der Waals surface area contributed by atoms with Crippen molar-refractivity contribution < 1.29 is 4.74 Å². The summed E-state index contributed by atoms with van der Waals surface area (Å²) >= 11 is 1.50. The number of aromatic nitrogens is 2. The molecule has 1 aromatic heterocycles. The van der Waals surface area contributed by atoms with Gasteiger partial charge in [0, 0.05) is 63.3 Å². The predicted molar refractivity (Wildman–Crippen MR) is 139 cm³/mol. The number of methoxy groups -OCH3 is 1. The van der Waals surface area contributed by atoms with Crippen LogP contribution in [0.5, 0.6) is 5.75 Å². The summed E-state index contributed by atoms with van der Waals surface area (Å²) in [5.74, 6) is 2.77. The number of nitrogens with zero attached hydrogens (tertiary/aromatic N) is 6. The van der Waals surface area contributed by atoms with Gasteiger partial charge in [-0.05, 0) is 20.2 Å². The number of anilines is 1. The summed E-state index contributed by atoms with van der Waals surface area (Å²) in [4.78, 5) is 16.0. The Hall–Kier alpha value is -1.66. The van der Waals surface area contributed by atoms with E-state index in [2.05, 4.69) is 67.5 Å². The molecule has 0 saturated carbocycles. The molecule has 1 unspecified atom stereocenters. The Balaban J connectivity index is 0.00000341. The van der Waals surface area contributed by atoms with Gasteiger partial charge in [0.15, 0.2) is 5.96 Å². The number of aliphatic imine (C=N–C) groups is 1. The minimum Gasteiger partial charge on any atom is -0.496 e. The molecule has 172 valence electrons. The van der Waals surface area contributed by atoms with Crippen molar-refractivity contribution in [2.75, 3.05) is 65.9 Å². The Morgan fingerprint density at radius 1 is 1.26 bits per heavy atom. The molecular formula is C21H34IN7OS. The SMILES string of the molecule is CCc1nsc(N2CCN(C(=NC)NCC(c3ccccc3OC)N(C)C)CC2)n1.I. The van der Waals surface area contributed by atoms with E-state index in [4.69, 9.17) is 4.74 Å². The van der Waals surface area contributed by atoms with Gasteiger partial charge in [-0.3, -0.25) is 4.99 Å². The van der Waals surface area contributed by atoms with Gasteiger partial charge in [0.25, 0.3) is 0 Å². The number of para-hydroxylation sites is 1. The lowest BCUT2D eigenvalue weighted by atomic mass is 10.0. The van der Waals surface area contributed by atoms with Crippen molar-refractivity contribution in [2.45, 2.75) is 19.4 Å². The monoisotopic (exact) mass is 559 g/mol. The number of hydrogen-bond acceptors (Lipinski definition) is 7. The lowest BCUT2D eigenvalue weighted by molar-refractivity contribution is 0.283. The number of ether oxygens (including phenoxy) is 1. The van der Waals surface area contributed by atoms with Gasteiger partial charge in [-0.1, -0.05) is 25.1 Å². The minimum atomic E-state index is 0. The molecule has 8 nitrogen and oxygen atoms in total. The number of benzene rings is 1. The van der Waals surface area contributed by atoms with E-state index in [1.807, 2.05) is 19.2 Å². The van der Waals surface area contributed by atoms with Gasteiger partial charge in [0.1, 0.15) is 11.6 Å². The van der Waals surface area contributed by atoms with E-state index in [-0.39, 0.29) is 30.0 Å². The van der Waals surface area contributed by atoms with Gasteiger partial charge in [-0.25, -0.2) is 4.98 Å². The Morgan fingerprint density at radius 3 is 2.55 bits per heavy atom. The Morgan fingerprint density at radius 2 is 1.97 bits per heavy atom. The van der Waals surface area contributed by atoms with E-state index in [9.17, 15) is 0 Å². The molecule has 31 heavy (non-hydrogen) atoms. The van der Waals surface area contributed by atoms with Crippen LogP contribution in [-0.4, -0.2) is 86.1 Å². The zero-order valence-corrected chi connectivity index (χ0v) is 22.2. The zero-order chi connectivity index (χ0) is 21.5. The summed E-state index contributed by atoms with van der Waals surface area (Å²) in [6.45, 7) is 6.48. The van der Waals surface area contributed by atoms with Crippen LogP contribution in [0.4, 0.5) is 5.13 Å². The lowest BCUT2D eigenvalue weighted by Crippen LogP contribution is -2.53. The van der Waals surface area contributed by atoms with Gasteiger partial charge >= 0.3 is 0 Å². The molecule has 0 radical (unpaired) electrons. The van der Waals surface area contributed by atoms with E-state index in [1.54, 1.807) is 7.11 Å². The zero-order valence-electron chi connectivity index (χ0n) is 19.0. The quantitative estimate of drug-likeness (QED) is 0.318. The maximum atomic E-state index is 5.58. The van der Waals surface area contributed by atoms with E-state index in [0.717, 1.165) is 61.8 Å². The third-order valence-corrected chi connectivity index (χ3v) is 6.22. The van der Waals surface area contributed by atoms with Crippen molar-refractivity contribution in [3.63, 3.8) is 0 Å². The van der Waals surface area contributed by atoms with E-state index in [0.29, 0.717) is 0 Å². The third-order valence-electron chi connectivity index (χ3n) is 5.41. The first-order valence-corrected chi connectivity index (χ1v) is 11.2. The standard InChI is InChI=1S/C21H33N7OS.HI/c1-6-19-24-21(30-25-19)28-13-11-27(12-14-28)20(22-2)23-15-17(26(3)4)16-9-7-8-10-18(16)29-5;/h7-10,17H,6,11-15H2,1-5H3,(H,22,23);1H. The summed E-state index contributed by atoms with van der Waals surface area (Å²) in [5.41, 5.74) is 1.17. The molecule has 0 amide bonds. The normalized spacial score (nSPS) is 15.6. The number of aryl methyl sites for hydroxylation is 1. The molecule has 1 saturated heterocycles. The van der Waals surface area contributed by atoms with Crippen LogP contribution in [0, 0.1) is 0 Å². The highest BCUT2D eigenvalue weighted by molar-refractivity contribution is 14.0. The molecule has 3 rings (SSSR count). The first-order valence-electron chi connectivity index (χ1n) is 10.4. The fourth-order valence-corrected chi connectivity index (χ4v) is 4.46. The van der Waals surface area contributed by atoms with Crippen molar-refractivity contribution >= 4 is 46.6 Å². The van der Waals surface area contributed by atoms with Gasteiger partial charge in [-0.15, -0.1) is 24.0 Å². The maximum Gasteiger partial charge on any atom is 0.205 e. The third kappa shape index (κ3) is 6.42. The van der Waals surface area contributed by atoms with Crippen molar-refractivity contribution in [3.8, 4) is 5.75 Å². The van der Waals surface area contributed by atoms with E-state index in [1.165, 1.54) is 17.1 Å². The molecule has 1 fully saturated rings. The van der Waals surface area contributed by atoms with Crippen LogP contribution in [0.15, 0.2) is 29.3 Å². The Kier molecular flexibility index (Phi) is 10.2. The van der Waals surface area contributed by atoms with Crippen molar-refractivity contribution in [1.29, 1.82) is 0 Å². The average Bonchev–Trinajstić information content (AvgIpc) is 3.26. The maximum absolute atomic E-state index is 5.58. The molecule has 0 bridgehead atoms. The summed E-state index contributed by atoms with van der Waals surface area (Å²) in [7, 11) is 7.75.